The molecule has 3 aromatic carbocycles. The van der Waals surface area contributed by atoms with Crippen molar-refractivity contribution in [2.24, 2.45) is 0 Å². The molecule has 0 aliphatic heterocycles. The number of ether oxygens (including phenoxy) is 1. The van der Waals surface area contributed by atoms with Crippen LogP contribution in [-0.2, 0) is 6.42 Å². The average Bonchev–Trinajstić information content (AvgIpc) is 3.19. The zero-order valence-corrected chi connectivity index (χ0v) is 19.2. The van der Waals surface area contributed by atoms with Gasteiger partial charge in [-0.25, -0.2) is 4.39 Å². The quantitative estimate of drug-likeness (QED) is 0.329. The highest BCUT2D eigenvalue weighted by molar-refractivity contribution is 5.98. The molecule has 0 aliphatic rings. The predicted octanol–water partition coefficient (Wildman–Crippen LogP) is 6.43. The number of aromatic amines is 1. The Labute approximate surface area is 193 Å². The third-order valence-corrected chi connectivity index (χ3v) is 5.70. The van der Waals surface area contributed by atoms with Crippen LogP contribution in [0.4, 0.5) is 4.39 Å². The van der Waals surface area contributed by atoms with E-state index in [0.717, 1.165) is 34.0 Å². The van der Waals surface area contributed by atoms with Gasteiger partial charge in [-0.15, -0.1) is 0 Å². The number of carbonyl (C=O) groups excluding carboxylic acids is 1. The maximum atomic E-state index is 13.7. The summed E-state index contributed by atoms with van der Waals surface area (Å²) in [5.74, 6) is 0.117. The van der Waals surface area contributed by atoms with Crippen LogP contribution in [0.2, 0.25) is 0 Å². The van der Waals surface area contributed by atoms with Crippen molar-refractivity contribution < 1.29 is 13.9 Å². The molecule has 1 amide bonds. The van der Waals surface area contributed by atoms with Crippen molar-refractivity contribution in [1.82, 2.24) is 10.3 Å². The van der Waals surface area contributed by atoms with E-state index in [4.69, 9.17) is 4.74 Å². The van der Waals surface area contributed by atoms with E-state index >= 15 is 0 Å². The van der Waals surface area contributed by atoms with Gasteiger partial charge in [0.05, 0.1) is 12.2 Å². The summed E-state index contributed by atoms with van der Waals surface area (Å²) in [6.07, 6.45) is 3.31. The zero-order chi connectivity index (χ0) is 23.4. The number of aromatic nitrogens is 1. The summed E-state index contributed by atoms with van der Waals surface area (Å²) in [5, 5.41) is 3.93. The first kappa shape index (κ1) is 22.6. The van der Waals surface area contributed by atoms with Gasteiger partial charge < -0.3 is 15.0 Å². The summed E-state index contributed by atoms with van der Waals surface area (Å²) in [7, 11) is 0. The Morgan fingerprint density at radius 3 is 2.58 bits per heavy atom. The molecule has 1 heterocycles. The monoisotopic (exact) mass is 444 g/mol. The van der Waals surface area contributed by atoms with Crippen LogP contribution in [-0.4, -0.2) is 23.5 Å². The Bertz CT molecular complexity index is 1260. The van der Waals surface area contributed by atoms with Crippen molar-refractivity contribution in [3.63, 3.8) is 0 Å². The highest BCUT2D eigenvalue weighted by Crippen LogP contribution is 2.28. The van der Waals surface area contributed by atoms with E-state index in [-0.39, 0.29) is 17.8 Å². The molecule has 0 bridgehead atoms. The first-order chi connectivity index (χ1) is 15.9. The van der Waals surface area contributed by atoms with E-state index in [9.17, 15) is 9.18 Å². The molecule has 33 heavy (non-hydrogen) atoms. The highest BCUT2D eigenvalue weighted by atomic mass is 19.1. The first-order valence-electron chi connectivity index (χ1n) is 11.3. The van der Waals surface area contributed by atoms with Crippen LogP contribution in [0.5, 0.6) is 5.75 Å². The molecule has 4 rings (SSSR count). The maximum absolute atomic E-state index is 13.7. The number of carbonyl (C=O) groups is 1. The highest BCUT2D eigenvalue weighted by Gasteiger charge is 2.18. The second kappa shape index (κ2) is 9.90. The first-order valence-corrected chi connectivity index (χ1v) is 11.3. The van der Waals surface area contributed by atoms with Crippen molar-refractivity contribution in [1.29, 1.82) is 0 Å². The van der Waals surface area contributed by atoms with Crippen LogP contribution < -0.4 is 10.1 Å². The van der Waals surface area contributed by atoms with Gasteiger partial charge in [0.25, 0.3) is 5.91 Å². The lowest BCUT2D eigenvalue weighted by atomic mass is 10.0. The zero-order valence-electron chi connectivity index (χ0n) is 19.2. The van der Waals surface area contributed by atoms with Gasteiger partial charge in [0.2, 0.25) is 0 Å². The lowest BCUT2D eigenvalue weighted by molar-refractivity contribution is 0.0936. The third kappa shape index (κ3) is 5.25. The van der Waals surface area contributed by atoms with Crippen molar-refractivity contribution in [2.45, 2.75) is 39.7 Å². The van der Waals surface area contributed by atoms with Crippen molar-refractivity contribution in [3.05, 3.63) is 89.4 Å². The minimum absolute atomic E-state index is 0.151. The fraction of sp³-hybridized carbons (Fsp3) is 0.250. The molecule has 1 aromatic heterocycles. The Balaban J connectivity index is 1.56. The number of benzene rings is 3. The summed E-state index contributed by atoms with van der Waals surface area (Å²) in [4.78, 5) is 16.4. The average molecular weight is 445 g/mol. The molecule has 5 heteroatoms. The molecule has 4 aromatic rings. The standard InChI is InChI=1S/C28H29FN2O2/c1-4-13-33-27-12-9-21(20-7-5-18(2)6-8-20)15-25(27)28(32)31-19(3)14-22-17-30-26-11-10-23(29)16-24(22)26/h5-12,15-17,19,30H,4,13-14H2,1-3H3,(H,31,32). The fourth-order valence-electron chi connectivity index (χ4n) is 3.97. The number of hydrogen-bond acceptors (Lipinski definition) is 2. The van der Waals surface area contributed by atoms with Crippen LogP contribution in [0, 0.1) is 12.7 Å². The number of amides is 1. The van der Waals surface area contributed by atoms with Gasteiger partial charge in [0, 0.05) is 23.1 Å². The van der Waals surface area contributed by atoms with E-state index in [1.54, 1.807) is 6.07 Å². The molecule has 0 radical (unpaired) electrons. The van der Waals surface area contributed by atoms with E-state index in [2.05, 4.69) is 34.6 Å². The molecule has 0 saturated carbocycles. The molecule has 4 nitrogen and oxygen atoms in total. The van der Waals surface area contributed by atoms with Gasteiger partial charge in [0.15, 0.2) is 0 Å². The number of rotatable bonds is 8. The second-order valence-electron chi connectivity index (χ2n) is 8.51. The number of nitrogens with one attached hydrogen (secondary N) is 2. The summed E-state index contributed by atoms with van der Waals surface area (Å²) in [6, 6.07) is 18.5. The Morgan fingerprint density at radius 2 is 1.82 bits per heavy atom. The maximum Gasteiger partial charge on any atom is 0.255 e. The molecule has 0 spiro atoms. The molecule has 2 N–H and O–H groups in total. The Morgan fingerprint density at radius 1 is 1.06 bits per heavy atom. The lowest BCUT2D eigenvalue weighted by Gasteiger charge is -2.17. The molecule has 170 valence electrons. The van der Waals surface area contributed by atoms with Gasteiger partial charge in [-0.3, -0.25) is 4.79 Å². The molecule has 0 aliphatic carbocycles. The van der Waals surface area contributed by atoms with E-state index in [1.807, 2.05) is 45.2 Å². The summed E-state index contributed by atoms with van der Waals surface area (Å²) in [5.41, 5.74) is 5.55. The normalized spacial score (nSPS) is 12.0. The Kier molecular flexibility index (Phi) is 6.78. The molecule has 1 atom stereocenters. The van der Waals surface area contributed by atoms with E-state index in [0.29, 0.717) is 24.3 Å². The van der Waals surface area contributed by atoms with Crippen LogP contribution >= 0.6 is 0 Å². The number of fused-ring (bicyclic) bond motifs is 1. The SMILES string of the molecule is CCCOc1ccc(-c2ccc(C)cc2)cc1C(=O)NC(C)Cc1c[nH]c2ccc(F)cc12. The van der Waals surface area contributed by atoms with Gasteiger partial charge in [0.1, 0.15) is 11.6 Å². The van der Waals surface area contributed by atoms with E-state index in [1.165, 1.54) is 17.7 Å². The van der Waals surface area contributed by atoms with Crippen molar-refractivity contribution in [2.75, 3.05) is 6.61 Å². The van der Waals surface area contributed by atoms with Crippen molar-refractivity contribution >= 4 is 16.8 Å². The molecule has 0 saturated heterocycles. The van der Waals surface area contributed by atoms with Crippen LogP contribution in [0.25, 0.3) is 22.0 Å². The summed E-state index contributed by atoms with van der Waals surface area (Å²) in [6.45, 7) is 6.58. The number of H-pyrrole nitrogens is 1. The van der Waals surface area contributed by atoms with Gasteiger partial charge in [-0.2, -0.15) is 0 Å². The van der Waals surface area contributed by atoms with Crippen LogP contribution in [0.15, 0.2) is 66.9 Å². The Hall–Kier alpha value is -3.60. The van der Waals surface area contributed by atoms with Crippen LogP contribution in [0.1, 0.15) is 41.8 Å². The molecule has 0 fully saturated rings. The minimum atomic E-state index is -0.273. The second-order valence-corrected chi connectivity index (χ2v) is 8.51. The van der Waals surface area contributed by atoms with E-state index < -0.39 is 0 Å². The summed E-state index contributed by atoms with van der Waals surface area (Å²) >= 11 is 0. The topological polar surface area (TPSA) is 54.1 Å². The summed E-state index contributed by atoms with van der Waals surface area (Å²) < 4.78 is 19.6. The lowest BCUT2D eigenvalue weighted by Crippen LogP contribution is -2.34. The number of halogens is 1. The molecular weight excluding hydrogens is 415 g/mol. The minimum Gasteiger partial charge on any atom is -0.493 e. The third-order valence-electron chi connectivity index (χ3n) is 5.70. The van der Waals surface area contributed by atoms with Gasteiger partial charge >= 0.3 is 0 Å². The number of hydrogen-bond donors (Lipinski definition) is 2. The molecular formula is C28H29FN2O2. The van der Waals surface area contributed by atoms with Gasteiger partial charge in [-0.1, -0.05) is 42.8 Å². The largest absolute Gasteiger partial charge is 0.493 e. The molecule has 1 unspecified atom stereocenters. The smallest absolute Gasteiger partial charge is 0.255 e. The number of aryl methyl sites for hydroxylation is 1. The predicted molar refractivity (Wildman–Crippen MR) is 131 cm³/mol. The van der Waals surface area contributed by atoms with Crippen LogP contribution in [0.3, 0.4) is 0 Å². The fourth-order valence-corrected chi connectivity index (χ4v) is 3.97. The van der Waals surface area contributed by atoms with Crippen molar-refractivity contribution in [3.8, 4) is 16.9 Å². The van der Waals surface area contributed by atoms with Gasteiger partial charge in [-0.05, 0) is 73.7 Å².